The van der Waals surface area contributed by atoms with Gasteiger partial charge in [0.25, 0.3) is 0 Å². The van der Waals surface area contributed by atoms with Gasteiger partial charge >= 0.3 is 5.97 Å². The number of hydrogen-bond donors (Lipinski definition) is 5. The maximum atomic E-state index is 12.3. The molecule has 0 spiro atoms. The van der Waals surface area contributed by atoms with Gasteiger partial charge in [0, 0.05) is 6.04 Å². The highest BCUT2D eigenvalue weighted by molar-refractivity contribution is 5.82. The van der Waals surface area contributed by atoms with Crippen LogP contribution < -0.4 is 21.7 Å². The Morgan fingerprint density at radius 3 is 2.26 bits per heavy atom. The Balaban J connectivity index is 0.000000649. The molecule has 0 aliphatic heterocycles. The molecule has 8 heteroatoms. The topological polar surface area (TPSA) is 134 Å². The summed E-state index contributed by atoms with van der Waals surface area (Å²) < 4.78 is 0. The fourth-order valence-electron chi connectivity index (χ4n) is 3.79. The van der Waals surface area contributed by atoms with Crippen LogP contribution in [0.1, 0.15) is 85.0 Å². The number of nitrogens with one attached hydrogen (secondary N) is 3. The normalized spacial score (nSPS) is 18.0. The summed E-state index contributed by atoms with van der Waals surface area (Å²) in [5.74, 6) is 0.451. The highest BCUT2D eigenvalue weighted by Crippen LogP contribution is 2.27. The zero-order valence-electron chi connectivity index (χ0n) is 20.0. The summed E-state index contributed by atoms with van der Waals surface area (Å²) >= 11 is 0. The number of carboxylic acid groups (broad SMARTS) is 1. The molecule has 1 aliphatic carbocycles. The highest BCUT2D eigenvalue weighted by Gasteiger charge is 2.24. The summed E-state index contributed by atoms with van der Waals surface area (Å²) in [5.41, 5.74) is 5.23. The third-order valence-electron chi connectivity index (χ3n) is 6.34. The van der Waals surface area contributed by atoms with Crippen molar-refractivity contribution in [3.63, 3.8) is 0 Å². The molecule has 0 aromatic carbocycles. The van der Waals surface area contributed by atoms with Crippen molar-refractivity contribution >= 4 is 18.3 Å². The van der Waals surface area contributed by atoms with E-state index in [0.717, 1.165) is 25.2 Å². The maximum Gasteiger partial charge on any atom is 0.326 e. The number of unbranched alkanes of at least 4 members (excludes halogenated alkanes) is 1. The second-order valence-electron chi connectivity index (χ2n) is 8.72. The van der Waals surface area contributed by atoms with Crippen LogP contribution in [0.3, 0.4) is 0 Å². The molecule has 1 saturated carbocycles. The number of likely N-dealkylation sites (N-methyl/N-ethyl adjacent to an activating group) is 1. The second-order valence-corrected chi connectivity index (χ2v) is 8.72. The fourth-order valence-corrected chi connectivity index (χ4v) is 3.79. The van der Waals surface area contributed by atoms with E-state index in [1.807, 2.05) is 7.05 Å². The van der Waals surface area contributed by atoms with Crippen LogP contribution in [-0.2, 0) is 14.4 Å². The third kappa shape index (κ3) is 13.4. The van der Waals surface area contributed by atoms with Crippen LogP contribution in [0.15, 0.2) is 0 Å². The summed E-state index contributed by atoms with van der Waals surface area (Å²) in [6, 6.07) is -0.525. The van der Waals surface area contributed by atoms with Crippen LogP contribution in [-0.4, -0.2) is 55.1 Å². The van der Waals surface area contributed by atoms with E-state index in [2.05, 4.69) is 36.7 Å². The molecule has 8 nitrogen and oxygen atoms in total. The monoisotopic (exact) mass is 442 g/mol. The molecule has 0 aromatic heterocycles. The van der Waals surface area contributed by atoms with Crippen molar-refractivity contribution in [2.45, 2.75) is 103 Å². The molecule has 31 heavy (non-hydrogen) atoms. The number of aliphatic carboxylic acids is 1. The van der Waals surface area contributed by atoms with Gasteiger partial charge in [-0.15, -0.1) is 0 Å². The number of rotatable bonds is 14. The van der Waals surface area contributed by atoms with E-state index in [9.17, 15) is 14.4 Å². The van der Waals surface area contributed by atoms with E-state index >= 15 is 0 Å². The second kappa shape index (κ2) is 18.0. The van der Waals surface area contributed by atoms with Crippen LogP contribution in [0, 0.1) is 11.8 Å². The highest BCUT2D eigenvalue weighted by atomic mass is 16.4. The van der Waals surface area contributed by atoms with Gasteiger partial charge in [0.2, 0.25) is 12.3 Å². The molecule has 0 saturated heterocycles. The average Bonchev–Trinajstić information content (AvgIpc) is 2.77. The molecule has 2 unspecified atom stereocenters. The molecule has 0 radical (unpaired) electrons. The quantitative estimate of drug-likeness (QED) is 0.207. The van der Waals surface area contributed by atoms with E-state index in [1.54, 1.807) is 0 Å². The van der Waals surface area contributed by atoms with Gasteiger partial charge in [0.15, 0.2) is 0 Å². The molecule has 1 fully saturated rings. The first-order valence-corrected chi connectivity index (χ1v) is 11.9. The maximum absolute atomic E-state index is 12.3. The van der Waals surface area contributed by atoms with Crippen LogP contribution in [0.2, 0.25) is 0 Å². The van der Waals surface area contributed by atoms with E-state index in [1.165, 1.54) is 32.1 Å². The van der Waals surface area contributed by atoms with Crippen molar-refractivity contribution in [2.24, 2.45) is 17.6 Å². The predicted molar refractivity (Wildman–Crippen MR) is 125 cm³/mol. The van der Waals surface area contributed by atoms with Crippen molar-refractivity contribution in [1.29, 1.82) is 0 Å². The molecular formula is C23H46N4O4. The lowest BCUT2D eigenvalue weighted by molar-refractivity contribution is -0.140. The summed E-state index contributed by atoms with van der Waals surface area (Å²) in [6.45, 7) is 7.03. The van der Waals surface area contributed by atoms with Crippen LogP contribution in [0.5, 0.6) is 0 Å². The first kappa shape index (κ1) is 29.3. The van der Waals surface area contributed by atoms with Crippen LogP contribution in [0.4, 0.5) is 0 Å². The van der Waals surface area contributed by atoms with Gasteiger partial charge < -0.3 is 26.8 Å². The Morgan fingerprint density at radius 1 is 1.13 bits per heavy atom. The third-order valence-corrected chi connectivity index (χ3v) is 6.34. The van der Waals surface area contributed by atoms with Gasteiger partial charge in [-0.05, 0) is 58.0 Å². The molecule has 0 bridgehead atoms. The zero-order valence-corrected chi connectivity index (χ0v) is 20.0. The summed E-state index contributed by atoms with van der Waals surface area (Å²) in [6.07, 6.45) is 11.1. The Bertz CT molecular complexity index is 498. The van der Waals surface area contributed by atoms with E-state index in [0.29, 0.717) is 31.7 Å². The lowest BCUT2D eigenvalue weighted by atomic mass is 9.84. The van der Waals surface area contributed by atoms with E-state index in [-0.39, 0.29) is 18.0 Å². The van der Waals surface area contributed by atoms with Crippen molar-refractivity contribution < 1.29 is 19.5 Å². The Kier molecular flexibility index (Phi) is 17.0. The zero-order chi connectivity index (χ0) is 23.6. The number of amides is 2. The molecular weight excluding hydrogens is 396 g/mol. The predicted octanol–water partition coefficient (Wildman–Crippen LogP) is 2.41. The number of carbonyl (C=O) groups excluding carboxylic acids is 2. The molecule has 0 aromatic rings. The van der Waals surface area contributed by atoms with Gasteiger partial charge in [-0.1, -0.05) is 52.4 Å². The number of hydrogen-bond acceptors (Lipinski definition) is 5. The van der Waals surface area contributed by atoms with E-state index < -0.39 is 12.0 Å². The molecule has 1 aliphatic rings. The Labute approximate surface area is 188 Å². The minimum absolute atomic E-state index is 0.0189. The van der Waals surface area contributed by atoms with Gasteiger partial charge in [0.05, 0.1) is 6.04 Å². The summed E-state index contributed by atoms with van der Waals surface area (Å²) in [4.78, 5) is 32.7. The summed E-state index contributed by atoms with van der Waals surface area (Å²) in [5, 5.41) is 17.1. The number of carbonyl (C=O) groups is 3. The Hall–Kier alpha value is -1.67. The van der Waals surface area contributed by atoms with Crippen molar-refractivity contribution in [2.75, 3.05) is 13.6 Å². The van der Waals surface area contributed by atoms with Gasteiger partial charge in [-0.3, -0.25) is 9.59 Å². The smallest absolute Gasteiger partial charge is 0.326 e. The largest absolute Gasteiger partial charge is 0.480 e. The average molecular weight is 443 g/mol. The molecule has 4 atom stereocenters. The van der Waals surface area contributed by atoms with E-state index in [4.69, 9.17) is 10.8 Å². The van der Waals surface area contributed by atoms with Crippen molar-refractivity contribution in [3.05, 3.63) is 0 Å². The van der Waals surface area contributed by atoms with Crippen LogP contribution in [0.25, 0.3) is 0 Å². The molecule has 182 valence electrons. The number of carboxylic acids is 1. The van der Waals surface area contributed by atoms with Gasteiger partial charge in [-0.25, -0.2) is 4.79 Å². The molecule has 0 heterocycles. The van der Waals surface area contributed by atoms with Crippen LogP contribution >= 0.6 is 0 Å². The standard InChI is InChI=1S/C16H32N2O.C7H14N2O3/c1-5-12(2)13(3)18-16(19)15(17-4)11-14-9-7-6-8-10-14;8-4-2-1-3-6(7(11)12)9-5-10/h12-15,17H,5-11H2,1-4H3,(H,18,19);5-6H,1-4,8H2,(H,9,10)(H,11,12)/t12?,13?,15-;6-/m10/s1. The summed E-state index contributed by atoms with van der Waals surface area (Å²) in [7, 11) is 1.90. The minimum atomic E-state index is -1.00. The molecule has 2 amide bonds. The lowest BCUT2D eigenvalue weighted by Gasteiger charge is -2.28. The van der Waals surface area contributed by atoms with Crippen molar-refractivity contribution in [1.82, 2.24) is 16.0 Å². The first-order chi connectivity index (χ1) is 14.8. The Morgan fingerprint density at radius 2 is 1.77 bits per heavy atom. The first-order valence-electron chi connectivity index (χ1n) is 11.9. The van der Waals surface area contributed by atoms with Gasteiger partial charge in [-0.2, -0.15) is 0 Å². The van der Waals surface area contributed by atoms with Gasteiger partial charge in [0.1, 0.15) is 6.04 Å². The SMILES string of the molecule is CCC(C)C(C)NC(=O)[C@@H](CC1CCCCC1)NC.NCCCC[C@H](NC=O)C(=O)O. The molecule has 1 rings (SSSR count). The number of nitrogens with two attached hydrogens (primary N) is 1. The van der Waals surface area contributed by atoms with Crippen molar-refractivity contribution in [3.8, 4) is 0 Å². The minimum Gasteiger partial charge on any atom is -0.480 e. The fraction of sp³-hybridized carbons (Fsp3) is 0.870. The molecule has 6 N–H and O–H groups in total. The lowest BCUT2D eigenvalue weighted by Crippen LogP contribution is -2.48.